The predicted octanol–water partition coefficient (Wildman–Crippen LogP) is 2.40. The van der Waals surface area contributed by atoms with Crippen LogP contribution >= 0.6 is 0 Å². The zero-order valence-electron chi connectivity index (χ0n) is 11.5. The first kappa shape index (κ1) is 14.5. The number of ether oxygens (including phenoxy) is 1. The van der Waals surface area contributed by atoms with E-state index in [1.807, 2.05) is 39.8 Å². The lowest BCUT2D eigenvalue weighted by Crippen LogP contribution is -2.26. The number of rotatable bonds is 4. The number of anilines is 1. The second-order valence-corrected chi connectivity index (χ2v) is 5.36. The van der Waals surface area contributed by atoms with Crippen molar-refractivity contribution in [3.8, 4) is 0 Å². The van der Waals surface area contributed by atoms with Crippen molar-refractivity contribution in [3.05, 3.63) is 29.8 Å². The molecule has 0 amide bonds. The van der Waals surface area contributed by atoms with Gasteiger partial charge in [0.1, 0.15) is 5.60 Å². The van der Waals surface area contributed by atoms with Crippen molar-refractivity contribution in [2.75, 3.05) is 11.9 Å². The van der Waals surface area contributed by atoms with Crippen molar-refractivity contribution < 1.29 is 9.53 Å². The van der Waals surface area contributed by atoms with Gasteiger partial charge in [0.2, 0.25) is 0 Å². The summed E-state index contributed by atoms with van der Waals surface area (Å²) in [6, 6.07) is 7.41. The Kier molecular flexibility index (Phi) is 4.73. The summed E-state index contributed by atoms with van der Waals surface area (Å²) >= 11 is 0. The Balaban J connectivity index is 2.78. The molecule has 4 nitrogen and oxygen atoms in total. The second-order valence-electron chi connectivity index (χ2n) is 5.36. The SMILES string of the molecule is CC(CN)Nc1cccc(C(=O)OC(C)(C)C)c1. The smallest absolute Gasteiger partial charge is 0.338 e. The maximum Gasteiger partial charge on any atom is 0.338 e. The number of benzene rings is 1. The average Bonchev–Trinajstić information content (AvgIpc) is 2.27. The quantitative estimate of drug-likeness (QED) is 0.805. The predicted molar refractivity (Wildman–Crippen MR) is 73.7 cm³/mol. The molecule has 1 aromatic rings. The van der Waals surface area contributed by atoms with Crippen molar-refractivity contribution in [1.82, 2.24) is 0 Å². The van der Waals surface area contributed by atoms with Crippen LogP contribution in [0.3, 0.4) is 0 Å². The molecule has 1 rings (SSSR count). The summed E-state index contributed by atoms with van der Waals surface area (Å²) in [5.74, 6) is -0.313. The first-order valence-electron chi connectivity index (χ1n) is 6.12. The molecule has 0 bridgehead atoms. The molecule has 0 fully saturated rings. The number of carbonyl (C=O) groups is 1. The molecule has 1 aromatic carbocycles. The number of nitrogens with two attached hydrogens (primary N) is 1. The topological polar surface area (TPSA) is 64.3 Å². The molecule has 0 aromatic heterocycles. The van der Waals surface area contributed by atoms with Crippen LogP contribution in [-0.2, 0) is 4.74 Å². The first-order valence-corrected chi connectivity index (χ1v) is 6.12. The highest BCUT2D eigenvalue weighted by molar-refractivity contribution is 5.90. The Morgan fingerprint density at radius 1 is 1.44 bits per heavy atom. The van der Waals surface area contributed by atoms with Crippen molar-refractivity contribution in [2.45, 2.75) is 39.3 Å². The molecule has 0 saturated carbocycles. The Morgan fingerprint density at radius 2 is 2.11 bits per heavy atom. The minimum atomic E-state index is -0.481. The summed E-state index contributed by atoms with van der Waals surface area (Å²) in [5, 5.41) is 3.22. The van der Waals surface area contributed by atoms with Gasteiger partial charge in [-0.3, -0.25) is 0 Å². The molecule has 1 unspecified atom stereocenters. The molecule has 3 N–H and O–H groups in total. The fourth-order valence-corrected chi connectivity index (χ4v) is 1.42. The highest BCUT2D eigenvalue weighted by Gasteiger charge is 2.17. The third kappa shape index (κ3) is 4.75. The van der Waals surface area contributed by atoms with Crippen LogP contribution in [-0.4, -0.2) is 24.2 Å². The van der Waals surface area contributed by atoms with E-state index in [0.29, 0.717) is 12.1 Å². The second kappa shape index (κ2) is 5.87. The van der Waals surface area contributed by atoms with Crippen LogP contribution in [0.15, 0.2) is 24.3 Å². The maximum absolute atomic E-state index is 11.9. The molecular weight excluding hydrogens is 228 g/mol. The van der Waals surface area contributed by atoms with Crippen molar-refractivity contribution in [2.24, 2.45) is 5.73 Å². The minimum Gasteiger partial charge on any atom is -0.456 e. The minimum absolute atomic E-state index is 0.166. The fourth-order valence-electron chi connectivity index (χ4n) is 1.42. The van der Waals surface area contributed by atoms with E-state index >= 15 is 0 Å². The van der Waals surface area contributed by atoms with Gasteiger partial charge in [-0.1, -0.05) is 6.07 Å². The highest BCUT2D eigenvalue weighted by atomic mass is 16.6. The summed E-state index contributed by atoms with van der Waals surface area (Å²) in [5.41, 5.74) is 6.48. The van der Waals surface area contributed by atoms with E-state index in [1.165, 1.54) is 0 Å². The van der Waals surface area contributed by atoms with Gasteiger partial charge in [-0.15, -0.1) is 0 Å². The lowest BCUT2D eigenvalue weighted by molar-refractivity contribution is 0.00696. The van der Waals surface area contributed by atoms with E-state index in [-0.39, 0.29) is 12.0 Å². The zero-order chi connectivity index (χ0) is 13.8. The van der Waals surface area contributed by atoms with E-state index in [4.69, 9.17) is 10.5 Å². The van der Waals surface area contributed by atoms with E-state index in [1.54, 1.807) is 12.1 Å². The van der Waals surface area contributed by atoms with Crippen LogP contribution in [0.2, 0.25) is 0 Å². The molecule has 0 spiro atoms. The molecular formula is C14H22N2O2. The lowest BCUT2D eigenvalue weighted by atomic mass is 10.1. The van der Waals surface area contributed by atoms with E-state index in [2.05, 4.69) is 5.32 Å². The fraction of sp³-hybridized carbons (Fsp3) is 0.500. The Bertz CT molecular complexity index is 411. The van der Waals surface area contributed by atoms with Crippen molar-refractivity contribution in [1.29, 1.82) is 0 Å². The van der Waals surface area contributed by atoms with Gasteiger partial charge in [0.25, 0.3) is 0 Å². The zero-order valence-corrected chi connectivity index (χ0v) is 11.5. The van der Waals surface area contributed by atoms with Crippen LogP contribution < -0.4 is 11.1 Å². The molecule has 100 valence electrons. The Labute approximate surface area is 109 Å². The first-order chi connectivity index (χ1) is 8.31. The van der Waals surface area contributed by atoms with Crippen LogP contribution in [0.1, 0.15) is 38.1 Å². The number of nitrogens with one attached hydrogen (secondary N) is 1. The Hall–Kier alpha value is -1.55. The van der Waals surface area contributed by atoms with Gasteiger partial charge in [-0.25, -0.2) is 4.79 Å². The summed E-state index contributed by atoms with van der Waals surface area (Å²) < 4.78 is 5.32. The van der Waals surface area contributed by atoms with Crippen molar-refractivity contribution >= 4 is 11.7 Å². The van der Waals surface area contributed by atoms with Gasteiger partial charge < -0.3 is 15.8 Å². The average molecular weight is 250 g/mol. The third-order valence-corrected chi connectivity index (χ3v) is 2.26. The van der Waals surface area contributed by atoms with Crippen molar-refractivity contribution in [3.63, 3.8) is 0 Å². The molecule has 0 aliphatic rings. The molecule has 1 atom stereocenters. The van der Waals surface area contributed by atoms with Crippen LogP contribution in [0.5, 0.6) is 0 Å². The number of hydrogen-bond donors (Lipinski definition) is 2. The standard InChI is InChI=1S/C14H22N2O2/c1-10(9-15)16-12-7-5-6-11(8-12)13(17)18-14(2,3)4/h5-8,10,16H,9,15H2,1-4H3. The third-order valence-electron chi connectivity index (χ3n) is 2.26. The lowest BCUT2D eigenvalue weighted by Gasteiger charge is -2.20. The highest BCUT2D eigenvalue weighted by Crippen LogP contribution is 2.16. The van der Waals surface area contributed by atoms with E-state index in [0.717, 1.165) is 5.69 Å². The van der Waals surface area contributed by atoms with Crippen LogP contribution in [0.4, 0.5) is 5.69 Å². The van der Waals surface area contributed by atoms with Gasteiger partial charge in [0, 0.05) is 18.3 Å². The van der Waals surface area contributed by atoms with Gasteiger partial charge in [-0.2, -0.15) is 0 Å². The summed E-state index contributed by atoms with van der Waals surface area (Å²) in [4.78, 5) is 11.9. The van der Waals surface area contributed by atoms with Crippen LogP contribution in [0, 0.1) is 0 Å². The number of hydrogen-bond acceptors (Lipinski definition) is 4. The van der Waals surface area contributed by atoms with Gasteiger partial charge in [0.05, 0.1) is 5.56 Å². The van der Waals surface area contributed by atoms with E-state index < -0.39 is 5.60 Å². The number of carbonyl (C=O) groups excluding carboxylic acids is 1. The molecule has 0 aliphatic heterocycles. The summed E-state index contributed by atoms with van der Waals surface area (Å²) in [6.07, 6.45) is 0. The number of esters is 1. The summed E-state index contributed by atoms with van der Waals surface area (Å²) in [7, 11) is 0. The monoisotopic (exact) mass is 250 g/mol. The van der Waals surface area contributed by atoms with Gasteiger partial charge in [0.15, 0.2) is 0 Å². The largest absolute Gasteiger partial charge is 0.456 e. The molecule has 0 radical (unpaired) electrons. The molecule has 18 heavy (non-hydrogen) atoms. The van der Waals surface area contributed by atoms with Gasteiger partial charge >= 0.3 is 5.97 Å². The normalized spacial score (nSPS) is 12.9. The maximum atomic E-state index is 11.9. The Morgan fingerprint density at radius 3 is 2.67 bits per heavy atom. The molecule has 4 heteroatoms. The van der Waals surface area contributed by atoms with Gasteiger partial charge in [-0.05, 0) is 45.9 Å². The summed E-state index contributed by atoms with van der Waals surface area (Å²) in [6.45, 7) is 8.08. The molecule has 0 saturated heterocycles. The van der Waals surface area contributed by atoms with E-state index in [9.17, 15) is 4.79 Å². The molecule has 0 heterocycles. The molecule has 0 aliphatic carbocycles. The van der Waals surface area contributed by atoms with Crippen LogP contribution in [0.25, 0.3) is 0 Å².